The number of rotatable bonds is 3. The molecule has 5 heteroatoms. The zero-order valence-corrected chi connectivity index (χ0v) is 12.4. The third-order valence-corrected chi connectivity index (χ3v) is 3.37. The molecule has 0 aliphatic rings. The van der Waals surface area contributed by atoms with E-state index >= 15 is 0 Å². The van der Waals surface area contributed by atoms with Crippen LogP contribution in [0.5, 0.6) is 5.75 Å². The van der Waals surface area contributed by atoms with Crippen LogP contribution >= 0.6 is 23.2 Å². The lowest BCUT2D eigenvalue weighted by atomic mass is 10.2. The van der Waals surface area contributed by atoms with Gasteiger partial charge in [-0.15, -0.1) is 0 Å². The van der Waals surface area contributed by atoms with Gasteiger partial charge in [0.25, 0.3) is 0 Å². The molecule has 1 N–H and O–H groups in total. The lowest BCUT2D eigenvalue weighted by molar-refractivity contribution is 0.304. The van der Waals surface area contributed by atoms with E-state index in [1.807, 2.05) is 0 Å². The first-order valence-corrected chi connectivity index (χ1v) is 6.82. The average Bonchev–Trinajstić information content (AvgIpc) is 2.47. The third kappa shape index (κ3) is 4.37. The fraction of sp³-hybridized carbons (Fsp3) is 0.125. The topological polar surface area (TPSA) is 29.5 Å². The number of hydrogen-bond donors (Lipinski definition) is 1. The lowest BCUT2D eigenvalue weighted by Crippen LogP contribution is -1.96. The Morgan fingerprint density at radius 2 is 1.90 bits per heavy atom. The highest BCUT2D eigenvalue weighted by Crippen LogP contribution is 2.24. The van der Waals surface area contributed by atoms with Crippen LogP contribution in [0.2, 0.25) is 10.0 Å². The summed E-state index contributed by atoms with van der Waals surface area (Å²) in [6, 6.07) is 9.52. The molecule has 2 nitrogen and oxygen atoms in total. The largest absolute Gasteiger partial charge is 0.489 e. The summed E-state index contributed by atoms with van der Waals surface area (Å²) in [5.74, 6) is 4.79. The molecule has 0 atom stereocenters. The van der Waals surface area contributed by atoms with Crippen molar-refractivity contribution >= 4 is 23.2 Å². The molecule has 0 bridgehead atoms. The first-order valence-electron chi connectivity index (χ1n) is 6.06. The minimum Gasteiger partial charge on any atom is -0.489 e. The van der Waals surface area contributed by atoms with Gasteiger partial charge in [-0.1, -0.05) is 41.1 Å². The Morgan fingerprint density at radius 3 is 2.57 bits per heavy atom. The normalized spacial score (nSPS) is 9.90. The molecule has 0 amide bonds. The molecule has 0 saturated heterocycles. The SMILES string of the molecule is OCC#Cc1ccc(OCc2ccc(Cl)c(Cl)c2)cc1F. The van der Waals surface area contributed by atoms with Crippen LogP contribution in [0.1, 0.15) is 11.1 Å². The predicted molar refractivity (Wildman–Crippen MR) is 81.2 cm³/mol. The summed E-state index contributed by atoms with van der Waals surface area (Å²) in [6.45, 7) is -0.0625. The van der Waals surface area contributed by atoms with E-state index in [0.717, 1.165) is 5.56 Å². The van der Waals surface area contributed by atoms with Crippen molar-refractivity contribution < 1.29 is 14.2 Å². The lowest BCUT2D eigenvalue weighted by Gasteiger charge is -2.08. The Bertz CT molecular complexity index is 705. The van der Waals surface area contributed by atoms with Gasteiger partial charge in [-0.25, -0.2) is 4.39 Å². The van der Waals surface area contributed by atoms with Gasteiger partial charge >= 0.3 is 0 Å². The number of aliphatic hydroxyl groups excluding tert-OH is 1. The Balaban J connectivity index is 2.06. The first-order chi connectivity index (χ1) is 10.1. The van der Waals surface area contributed by atoms with Crippen LogP contribution in [0, 0.1) is 17.7 Å². The highest BCUT2D eigenvalue weighted by atomic mass is 35.5. The molecule has 2 aromatic carbocycles. The maximum absolute atomic E-state index is 13.7. The van der Waals surface area contributed by atoms with Gasteiger partial charge in [-0.2, -0.15) is 0 Å². The van der Waals surface area contributed by atoms with E-state index in [1.165, 1.54) is 12.1 Å². The number of ether oxygens (including phenoxy) is 1. The van der Waals surface area contributed by atoms with Gasteiger partial charge in [0.15, 0.2) is 0 Å². The highest BCUT2D eigenvalue weighted by molar-refractivity contribution is 6.42. The molecule has 0 heterocycles. The first kappa shape index (κ1) is 15.7. The van der Waals surface area contributed by atoms with E-state index in [-0.39, 0.29) is 18.8 Å². The van der Waals surface area contributed by atoms with E-state index in [9.17, 15) is 4.39 Å². The van der Waals surface area contributed by atoms with Crippen molar-refractivity contribution in [3.05, 3.63) is 63.4 Å². The molecule has 0 radical (unpaired) electrons. The molecule has 2 rings (SSSR count). The van der Waals surface area contributed by atoms with E-state index < -0.39 is 5.82 Å². The Hall–Kier alpha value is -1.73. The van der Waals surface area contributed by atoms with Crippen molar-refractivity contribution in [1.82, 2.24) is 0 Å². The van der Waals surface area contributed by atoms with E-state index in [1.54, 1.807) is 24.3 Å². The van der Waals surface area contributed by atoms with Crippen molar-refractivity contribution in [2.45, 2.75) is 6.61 Å². The maximum Gasteiger partial charge on any atom is 0.142 e. The quantitative estimate of drug-likeness (QED) is 0.863. The molecule has 2 aromatic rings. The van der Waals surface area contributed by atoms with Gasteiger partial charge < -0.3 is 9.84 Å². The van der Waals surface area contributed by atoms with Crippen molar-refractivity contribution in [1.29, 1.82) is 0 Å². The van der Waals surface area contributed by atoms with Gasteiger partial charge in [0.1, 0.15) is 24.8 Å². The molecule has 0 saturated carbocycles. The van der Waals surface area contributed by atoms with Crippen LogP contribution in [0.15, 0.2) is 36.4 Å². The summed E-state index contributed by atoms with van der Waals surface area (Å²) >= 11 is 11.7. The smallest absolute Gasteiger partial charge is 0.142 e. The summed E-state index contributed by atoms with van der Waals surface area (Å²) in [5, 5.41) is 9.50. The molecule has 0 spiro atoms. The summed E-state index contributed by atoms with van der Waals surface area (Å²) < 4.78 is 19.2. The Kier molecular flexibility index (Phi) is 5.46. The van der Waals surface area contributed by atoms with Crippen LogP contribution in [-0.2, 0) is 6.61 Å². The Morgan fingerprint density at radius 1 is 1.10 bits per heavy atom. The predicted octanol–water partition coefficient (Wildman–Crippen LogP) is 4.06. The molecule has 108 valence electrons. The standard InChI is InChI=1S/C16H11Cl2FO2/c17-14-6-3-11(8-15(14)18)10-21-13-5-4-12(2-1-7-20)16(19)9-13/h3-6,8-9,20H,7,10H2. The zero-order valence-electron chi connectivity index (χ0n) is 10.9. The number of hydrogen-bond acceptors (Lipinski definition) is 2. The van der Waals surface area contributed by atoms with Gasteiger partial charge in [-0.05, 0) is 29.8 Å². The van der Waals surface area contributed by atoms with E-state index in [4.69, 9.17) is 33.0 Å². The number of halogens is 3. The van der Waals surface area contributed by atoms with Crippen molar-refractivity contribution in [3.63, 3.8) is 0 Å². The molecule has 21 heavy (non-hydrogen) atoms. The average molecular weight is 325 g/mol. The summed E-state index contributed by atoms with van der Waals surface area (Å²) in [5.41, 5.74) is 1.04. The van der Waals surface area contributed by atoms with E-state index in [0.29, 0.717) is 15.8 Å². The van der Waals surface area contributed by atoms with Crippen LogP contribution < -0.4 is 4.74 Å². The van der Waals surface area contributed by atoms with Crippen LogP contribution in [0.4, 0.5) is 4.39 Å². The second kappa shape index (κ2) is 7.33. The minimum absolute atomic E-state index is 0.214. The third-order valence-electron chi connectivity index (χ3n) is 2.63. The molecular formula is C16H11Cl2FO2. The minimum atomic E-state index is -0.498. The van der Waals surface area contributed by atoms with Crippen LogP contribution in [0.25, 0.3) is 0 Å². The van der Waals surface area contributed by atoms with Gasteiger partial charge in [-0.3, -0.25) is 0 Å². The van der Waals surface area contributed by atoms with Crippen molar-refractivity contribution in [2.75, 3.05) is 6.61 Å². The molecule has 0 fully saturated rings. The summed E-state index contributed by atoms with van der Waals surface area (Å²) in [7, 11) is 0. The number of aliphatic hydroxyl groups is 1. The maximum atomic E-state index is 13.7. The molecule has 0 aliphatic heterocycles. The van der Waals surface area contributed by atoms with Gasteiger partial charge in [0.05, 0.1) is 15.6 Å². The van der Waals surface area contributed by atoms with Gasteiger partial charge in [0.2, 0.25) is 0 Å². The monoisotopic (exact) mass is 324 g/mol. The van der Waals surface area contributed by atoms with Crippen LogP contribution in [0.3, 0.4) is 0 Å². The van der Waals surface area contributed by atoms with Gasteiger partial charge in [0, 0.05) is 6.07 Å². The fourth-order valence-corrected chi connectivity index (χ4v) is 1.94. The second-order valence-electron chi connectivity index (χ2n) is 4.14. The van der Waals surface area contributed by atoms with Crippen molar-refractivity contribution in [2.24, 2.45) is 0 Å². The van der Waals surface area contributed by atoms with Crippen LogP contribution in [-0.4, -0.2) is 11.7 Å². The van der Waals surface area contributed by atoms with E-state index in [2.05, 4.69) is 11.8 Å². The molecule has 0 aliphatic carbocycles. The van der Waals surface area contributed by atoms with Crippen molar-refractivity contribution in [3.8, 4) is 17.6 Å². The molecule has 0 unspecified atom stereocenters. The Labute approximate surface area is 132 Å². The number of benzene rings is 2. The summed E-state index contributed by atoms with van der Waals surface area (Å²) in [6.07, 6.45) is 0. The second-order valence-corrected chi connectivity index (χ2v) is 4.95. The highest BCUT2D eigenvalue weighted by Gasteiger charge is 2.04. The zero-order chi connectivity index (χ0) is 15.2. The molecule has 0 aromatic heterocycles. The summed E-state index contributed by atoms with van der Waals surface area (Å²) in [4.78, 5) is 0. The fourth-order valence-electron chi connectivity index (χ4n) is 1.62. The molecular weight excluding hydrogens is 314 g/mol.